The average Bonchev–Trinajstić information content (AvgIpc) is 3.19. The van der Waals surface area contributed by atoms with Crippen LogP contribution >= 0.6 is 0 Å². The number of nitrogens with zero attached hydrogens (tertiary/aromatic N) is 3. The van der Waals surface area contributed by atoms with E-state index in [-0.39, 0.29) is 12.3 Å². The Morgan fingerprint density at radius 1 is 1.19 bits per heavy atom. The quantitative estimate of drug-likeness (QED) is 0.259. The molecule has 0 unspecified atom stereocenters. The number of H-pyrrole nitrogens is 1. The molecule has 0 saturated carbocycles. The lowest BCUT2D eigenvalue weighted by Gasteiger charge is -2.09. The summed E-state index contributed by atoms with van der Waals surface area (Å²) in [6, 6.07) is 21.7. The van der Waals surface area contributed by atoms with Gasteiger partial charge in [0.2, 0.25) is 0 Å². The summed E-state index contributed by atoms with van der Waals surface area (Å²) in [6.45, 7) is 2.24. The van der Waals surface area contributed by atoms with Crippen LogP contribution in [0.1, 0.15) is 22.5 Å². The standard InChI is InChI=1S/C24H18N4O3/c1-16-6-11-21-22(12-16)27-24(26-21)19(14-25)13-18-4-2-3-5-23(18)31-15-17-7-9-20(10-8-17)28(29)30/h2-13H,15H2,1H3,(H,26,27). The highest BCUT2D eigenvalue weighted by Gasteiger charge is 2.10. The number of nitro groups is 1. The van der Waals surface area contributed by atoms with Gasteiger partial charge in [-0.3, -0.25) is 10.1 Å². The number of imidazole rings is 1. The fraction of sp³-hybridized carbons (Fsp3) is 0.0833. The van der Waals surface area contributed by atoms with Crippen LogP contribution in [-0.2, 0) is 6.61 Å². The number of aromatic amines is 1. The molecule has 0 aliphatic carbocycles. The van der Waals surface area contributed by atoms with Gasteiger partial charge in [0.1, 0.15) is 24.3 Å². The maximum absolute atomic E-state index is 10.8. The number of fused-ring (bicyclic) bond motifs is 1. The van der Waals surface area contributed by atoms with Gasteiger partial charge in [-0.15, -0.1) is 0 Å². The highest BCUT2D eigenvalue weighted by molar-refractivity contribution is 5.91. The van der Waals surface area contributed by atoms with Crippen LogP contribution < -0.4 is 4.74 Å². The molecule has 0 spiro atoms. The first-order valence-electron chi connectivity index (χ1n) is 9.57. The average molecular weight is 410 g/mol. The van der Waals surface area contributed by atoms with Crippen molar-refractivity contribution in [2.75, 3.05) is 0 Å². The zero-order valence-corrected chi connectivity index (χ0v) is 16.7. The molecule has 0 amide bonds. The molecule has 0 radical (unpaired) electrons. The zero-order chi connectivity index (χ0) is 21.8. The normalized spacial score (nSPS) is 11.3. The summed E-state index contributed by atoms with van der Waals surface area (Å²) in [5, 5.41) is 20.5. The number of aromatic nitrogens is 2. The molecule has 1 aromatic heterocycles. The summed E-state index contributed by atoms with van der Waals surface area (Å²) < 4.78 is 5.93. The number of rotatable bonds is 6. The Balaban J connectivity index is 1.59. The van der Waals surface area contributed by atoms with Crippen molar-refractivity contribution in [2.45, 2.75) is 13.5 Å². The maximum atomic E-state index is 10.8. The monoisotopic (exact) mass is 410 g/mol. The third-order valence-corrected chi connectivity index (χ3v) is 4.77. The van der Waals surface area contributed by atoms with Crippen molar-refractivity contribution in [3.63, 3.8) is 0 Å². The smallest absolute Gasteiger partial charge is 0.269 e. The molecule has 0 atom stereocenters. The van der Waals surface area contributed by atoms with Gasteiger partial charge in [0.25, 0.3) is 5.69 Å². The number of para-hydroxylation sites is 1. The van der Waals surface area contributed by atoms with E-state index in [0.29, 0.717) is 17.1 Å². The molecule has 0 aliphatic rings. The molecule has 152 valence electrons. The van der Waals surface area contributed by atoms with Crippen molar-refractivity contribution in [3.05, 3.63) is 99.4 Å². The fourth-order valence-corrected chi connectivity index (χ4v) is 3.17. The lowest BCUT2D eigenvalue weighted by molar-refractivity contribution is -0.384. The van der Waals surface area contributed by atoms with Crippen molar-refractivity contribution >= 4 is 28.4 Å². The summed E-state index contributed by atoms with van der Waals surface area (Å²) in [5.41, 5.74) is 4.74. The van der Waals surface area contributed by atoms with Gasteiger partial charge >= 0.3 is 0 Å². The lowest BCUT2D eigenvalue weighted by Crippen LogP contribution is -1.98. The third-order valence-electron chi connectivity index (χ3n) is 4.77. The van der Waals surface area contributed by atoms with Crippen LogP contribution in [0.5, 0.6) is 5.75 Å². The van der Waals surface area contributed by atoms with E-state index in [1.54, 1.807) is 18.2 Å². The molecule has 31 heavy (non-hydrogen) atoms. The van der Waals surface area contributed by atoms with Crippen LogP contribution in [0, 0.1) is 28.4 Å². The minimum absolute atomic E-state index is 0.0340. The van der Waals surface area contributed by atoms with E-state index < -0.39 is 4.92 Å². The van der Waals surface area contributed by atoms with Crippen LogP contribution in [0.3, 0.4) is 0 Å². The molecule has 4 aromatic rings. The van der Waals surface area contributed by atoms with Crippen molar-refractivity contribution in [2.24, 2.45) is 0 Å². The number of non-ortho nitro benzene ring substituents is 1. The van der Waals surface area contributed by atoms with Crippen LogP contribution in [0.4, 0.5) is 5.69 Å². The van der Waals surface area contributed by atoms with Gasteiger partial charge in [0, 0.05) is 17.7 Å². The van der Waals surface area contributed by atoms with Crippen molar-refractivity contribution in [3.8, 4) is 11.8 Å². The SMILES string of the molecule is Cc1ccc2nc(C(C#N)=Cc3ccccc3OCc3ccc([N+](=O)[O-])cc3)[nH]c2c1. The van der Waals surface area contributed by atoms with Gasteiger partial charge < -0.3 is 9.72 Å². The highest BCUT2D eigenvalue weighted by atomic mass is 16.6. The summed E-state index contributed by atoms with van der Waals surface area (Å²) in [6.07, 6.45) is 1.73. The van der Waals surface area contributed by atoms with Crippen LogP contribution in [0.2, 0.25) is 0 Å². The van der Waals surface area contributed by atoms with Gasteiger partial charge in [-0.05, 0) is 54.5 Å². The number of ether oxygens (including phenoxy) is 1. The largest absolute Gasteiger partial charge is 0.488 e. The van der Waals surface area contributed by atoms with Crippen molar-refractivity contribution < 1.29 is 9.66 Å². The predicted octanol–water partition coefficient (Wildman–Crippen LogP) is 5.42. The predicted molar refractivity (Wildman–Crippen MR) is 118 cm³/mol. The van der Waals surface area contributed by atoms with E-state index >= 15 is 0 Å². The highest BCUT2D eigenvalue weighted by Crippen LogP contribution is 2.26. The topological polar surface area (TPSA) is 105 Å². The molecule has 7 heteroatoms. The number of benzene rings is 3. The molecule has 1 N–H and O–H groups in total. The van der Waals surface area contributed by atoms with Gasteiger partial charge in [-0.2, -0.15) is 5.26 Å². The number of hydrogen-bond acceptors (Lipinski definition) is 5. The summed E-state index contributed by atoms with van der Waals surface area (Å²) in [7, 11) is 0. The Kier molecular flexibility index (Phi) is 5.45. The molecule has 0 saturated heterocycles. The molecule has 1 heterocycles. The van der Waals surface area contributed by atoms with Crippen LogP contribution in [0.15, 0.2) is 66.7 Å². The fourth-order valence-electron chi connectivity index (χ4n) is 3.17. The molecular weight excluding hydrogens is 392 g/mol. The van der Waals surface area contributed by atoms with E-state index in [1.165, 1.54) is 12.1 Å². The summed E-state index contributed by atoms with van der Waals surface area (Å²) in [5.74, 6) is 1.09. The number of nitrogens with one attached hydrogen (secondary N) is 1. The second-order valence-corrected chi connectivity index (χ2v) is 7.03. The first-order chi connectivity index (χ1) is 15.0. The van der Waals surface area contributed by atoms with E-state index in [2.05, 4.69) is 16.0 Å². The van der Waals surface area contributed by atoms with E-state index in [4.69, 9.17) is 4.74 Å². The van der Waals surface area contributed by atoms with E-state index in [9.17, 15) is 15.4 Å². The van der Waals surface area contributed by atoms with Gasteiger partial charge in [0.15, 0.2) is 0 Å². The van der Waals surface area contributed by atoms with Gasteiger partial charge in [-0.25, -0.2) is 4.98 Å². The molecular formula is C24H18N4O3. The first kappa shape index (κ1) is 19.9. The third kappa shape index (κ3) is 4.43. The Bertz CT molecular complexity index is 1330. The van der Waals surface area contributed by atoms with Gasteiger partial charge in [0.05, 0.1) is 21.5 Å². The molecule has 4 rings (SSSR count). The maximum Gasteiger partial charge on any atom is 0.269 e. The second kappa shape index (κ2) is 8.51. The van der Waals surface area contributed by atoms with E-state index in [1.807, 2.05) is 49.4 Å². The molecule has 7 nitrogen and oxygen atoms in total. The minimum Gasteiger partial charge on any atom is -0.488 e. The molecule has 0 bridgehead atoms. The van der Waals surface area contributed by atoms with Crippen molar-refractivity contribution in [1.29, 1.82) is 5.26 Å². The lowest BCUT2D eigenvalue weighted by atomic mass is 10.1. The number of nitro benzene ring substituents is 1. The van der Waals surface area contributed by atoms with Crippen molar-refractivity contribution in [1.82, 2.24) is 9.97 Å². The zero-order valence-electron chi connectivity index (χ0n) is 16.7. The molecule has 0 aliphatic heterocycles. The number of aryl methyl sites for hydroxylation is 1. The summed E-state index contributed by atoms with van der Waals surface area (Å²) in [4.78, 5) is 18.1. The van der Waals surface area contributed by atoms with Gasteiger partial charge in [-0.1, -0.05) is 24.3 Å². The molecule has 0 fully saturated rings. The Labute approximate surface area is 178 Å². The second-order valence-electron chi connectivity index (χ2n) is 7.03. The molecule has 3 aromatic carbocycles. The minimum atomic E-state index is -0.437. The Morgan fingerprint density at radius 3 is 2.71 bits per heavy atom. The first-order valence-corrected chi connectivity index (χ1v) is 9.57. The van der Waals surface area contributed by atoms with E-state index in [0.717, 1.165) is 27.7 Å². The number of nitriles is 1. The Hall–Kier alpha value is -4.44. The number of hydrogen-bond donors (Lipinski definition) is 1. The number of allylic oxidation sites excluding steroid dienone is 1. The summed E-state index contributed by atoms with van der Waals surface area (Å²) >= 11 is 0. The van der Waals surface area contributed by atoms with Crippen LogP contribution in [0.25, 0.3) is 22.7 Å². The Morgan fingerprint density at radius 2 is 1.97 bits per heavy atom. The van der Waals surface area contributed by atoms with Crippen LogP contribution in [-0.4, -0.2) is 14.9 Å².